The van der Waals surface area contributed by atoms with Crippen molar-refractivity contribution in [1.29, 1.82) is 0 Å². The lowest BCUT2D eigenvalue weighted by atomic mass is 10.2. The minimum atomic E-state index is -0.198. The lowest BCUT2D eigenvalue weighted by molar-refractivity contribution is 0.121. The van der Waals surface area contributed by atoms with E-state index in [-0.39, 0.29) is 5.82 Å². The van der Waals surface area contributed by atoms with Crippen LogP contribution in [-0.2, 0) is 13.1 Å². The second-order valence-electron chi connectivity index (χ2n) is 5.61. The molecule has 0 spiro atoms. The standard InChI is InChI=1S/C17H19BrFN3/c18-17-11-15(19)5-4-14(17)12-21-7-9-22(10-8-21)13-16-3-1-2-6-20-16/h1-6,11H,7-10,12-13H2. The Hall–Kier alpha value is -1.30. The summed E-state index contributed by atoms with van der Waals surface area (Å²) < 4.78 is 14.0. The van der Waals surface area contributed by atoms with Crippen LogP contribution >= 0.6 is 15.9 Å². The molecule has 5 heteroatoms. The highest BCUT2D eigenvalue weighted by Gasteiger charge is 2.18. The van der Waals surface area contributed by atoms with Crippen LogP contribution in [0.5, 0.6) is 0 Å². The van der Waals surface area contributed by atoms with Crippen molar-refractivity contribution in [2.24, 2.45) is 0 Å². The lowest BCUT2D eigenvalue weighted by Crippen LogP contribution is -2.45. The van der Waals surface area contributed by atoms with E-state index < -0.39 is 0 Å². The van der Waals surface area contributed by atoms with Gasteiger partial charge in [0.2, 0.25) is 0 Å². The van der Waals surface area contributed by atoms with Crippen molar-refractivity contribution in [1.82, 2.24) is 14.8 Å². The molecule has 1 fully saturated rings. The summed E-state index contributed by atoms with van der Waals surface area (Å²) in [7, 11) is 0. The van der Waals surface area contributed by atoms with Gasteiger partial charge < -0.3 is 0 Å². The zero-order valence-corrected chi connectivity index (χ0v) is 14.0. The van der Waals surface area contributed by atoms with E-state index in [0.717, 1.165) is 55.0 Å². The summed E-state index contributed by atoms with van der Waals surface area (Å²) in [6.07, 6.45) is 1.84. The van der Waals surface area contributed by atoms with Crippen molar-refractivity contribution in [3.63, 3.8) is 0 Å². The van der Waals surface area contributed by atoms with Gasteiger partial charge in [-0.15, -0.1) is 0 Å². The molecule has 0 amide bonds. The Morgan fingerprint density at radius 3 is 2.36 bits per heavy atom. The Labute approximate surface area is 138 Å². The number of hydrogen-bond acceptors (Lipinski definition) is 3. The zero-order chi connectivity index (χ0) is 15.4. The van der Waals surface area contributed by atoms with Gasteiger partial charge in [-0.2, -0.15) is 0 Å². The molecule has 0 aliphatic carbocycles. The van der Waals surface area contributed by atoms with E-state index in [1.165, 1.54) is 12.1 Å². The molecule has 1 aromatic heterocycles. The van der Waals surface area contributed by atoms with Crippen molar-refractivity contribution in [3.8, 4) is 0 Å². The molecular formula is C17H19BrFN3. The number of hydrogen-bond donors (Lipinski definition) is 0. The van der Waals surface area contributed by atoms with Gasteiger partial charge in [-0.25, -0.2) is 4.39 Å². The second kappa shape index (κ2) is 7.31. The first kappa shape index (κ1) is 15.6. The quantitative estimate of drug-likeness (QED) is 0.830. The van der Waals surface area contributed by atoms with Crippen molar-refractivity contribution >= 4 is 15.9 Å². The van der Waals surface area contributed by atoms with Crippen LogP contribution in [-0.4, -0.2) is 41.0 Å². The Bertz CT molecular complexity index is 613. The molecule has 1 aromatic carbocycles. The first-order valence-corrected chi connectivity index (χ1v) is 8.28. The van der Waals surface area contributed by atoms with Crippen LogP contribution in [0.1, 0.15) is 11.3 Å². The summed E-state index contributed by atoms with van der Waals surface area (Å²) in [6, 6.07) is 11.0. The molecule has 0 N–H and O–H groups in total. The topological polar surface area (TPSA) is 19.4 Å². The van der Waals surface area contributed by atoms with E-state index in [2.05, 4.69) is 36.8 Å². The van der Waals surface area contributed by atoms with Gasteiger partial charge in [-0.3, -0.25) is 14.8 Å². The molecule has 0 bridgehead atoms. The van der Waals surface area contributed by atoms with Crippen LogP contribution in [0.3, 0.4) is 0 Å². The van der Waals surface area contributed by atoms with E-state index in [0.29, 0.717) is 0 Å². The minimum Gasteiger partial charge on any atom is -0.297 e. The molecule has 1 saturated heterocycles. The summed E-state index contributed by atoms with van der Waals surface area (Å²) in [5.74, 6) is -0.198. The van der Waals surface area contributed by atoms with E-state index in [1.54, 1.807) is 0 Å². The van der Waals surface area contributed by atoms with Crippen LogP contribution in [0.4, 0.5) is 4.39 Å². The van der Waals surface area contributed by atoms with Gasteiger partial charge in [0.05, 0.1) is 5.69 Å². The van der Waals surface area contributed by atoms with Crippen molar-refractivity contribution in [2.45, 2.75) is 13.1 Å². The lowest BCUT2D eigenvalue weighted by Gasteiger charge is -2.34. The van der Waals surface area contributed by atoms with Gasteiger partial charge in [0, 0.05) is 49.9 Å². The number of halogens is 2. The molecule has 116 valence electrons. The van der Waals surface area contributed by atoms with Crippen LogP contribution in [0.25, 0.3) is 0 Å². The van der Waals surface area contributed by atoms with Gasteiger partial charge in [0.1, 0.15) is 5.82 Å². The zero-order valence-electron chi connectivity index (χ0n) is 12.4. The molecule has 2 aromatic rings. The maximum absolute atomic E-state index is 13.1. The average Bonchev–Trinajstić information content (AvgIpc) is 2.53. The fourth-order valence-corrected chi connectivity index (χ4v) is 3.19. The number of pyridine rings is 1. The van der Waals surface area contributed by atoms with Crippen LogP contribution in [0.15, 0.2) is 47.1 Å². The Kier molecular flexibility index (Phi) is 5.18. The maximum atomic E-state index is 13.1. The fraction of sp³-hybridized carbons (Fsp3) is 0.353. The SMILES string of the molecule is Fc1ccc(CN2CCN(Cc3ccccn3)CC2)c(Br)c1. The minimum absolute atomic E-state index is 0.198. The summed E-state index contributed by atoms with van der Waals surface area (Å²) >= 11 is 3.44. The van der Waals surface area contributed by atoms with Gasteiger partial charge in [0.15, 0.2) is 0 Å². The number of rotatable bonds is 4. The van der Waals surface area contributed by atoms with Crippen molar-refractivity contribution < 1.29 is 4.39 Å². The number of nitrogens with zero attached hydrogens (tertiary/aromatic N) is 3. The van der Waals surface area contributed by atoms with Crippen LogP contribution in [0.2, 0.25) is 0 Å². The molecule has 0 radical (unpaired) electrons. The second-order valence-corrected chi connectivity index (χ2v) is 6.46. The highest BCUT2D eigenvalue weighted by atomic mass is 79.9. The first-order chi connectivity index (χ1) is 10.7. The monoisotopic (exact) mass is 363 g/mol. The summed E-state index contributed by atoms with van der Waals surface area (Å²) in [5.41, 5.74) is 2.26. The average molecular weight is 364 g/mol. The van der Waals surface area contributed by atoms with Crippen LogP contribution in [0, 0.1) is 5.82 Å². The summed E-state index contributed by atoms with van der Waals surface area (Å²) in [5, 5.41) is 0. The third-order valence-electron chi connectivity index (χ3n) is 3.99. The van der Waals surface area contributed by atoms with E-state index in [9.17, 15) is 4.39 Å². The highest BCUT2D eigenvalue weighted by molar-refractivity contribution is 9.10. The predicted molar refractivity (Wildman–Crippen MR) is 88.9 cm³/mol. The van der Waals surface area contributed by atoms with Crippen molar-refractivity contribution in [3.05, 3.63) is 64.1 Å². The normalized spacial score (nSPS) is 16.8. The largest absolute Gasteiger partial charge is 0.297 e. The smallest absolute Gasteiger partial charge is 0.124 e. The third kappa shape index (κ3) is 4.12. The molecule has 3 rings (SSSR count). The molecule has 0 atom stereocenters. The molecule has 0 unspecified atom stereocenters. The van der Waals surface area contributed by atoms with E-state index >= 15 is 0 Å². The number of aromatic nitrogens is 1. The van der Waals surface area contributed by atoms with Crippen LogP contribution < -0.4 is 0 Å². The first-order valence-electron chi connectivity index (χ1n) is 7.49. The van der Waals surface area contributed by atoms with E-state index in [4.69, 9.17) is 0 Å². The number of benzene rings is 1. The van der Waals surface area contributed by atoms with E-state index in [1.807, 2.05) is 24.4 Å². The maximum Gasteiger partial charge on any atom is 0.124 e. The van der Waals surface area contributed by atoms with Crippen molar-refractivity contribution in [2.75, 3.05) is 26.2 Å². The molecule has 2 heterocycles. The summed E-state index contributed by atoms with van der Waals surface area (Å²) in [6.45, 7) is 5.89. The number of piperazine rings is 1. The Morgan fingerprint density at radius 1 is 1.00 bits per heavy atom. The Balaban J connectivity index is 1.51. The molecule has 3 nitrogen and oxygen atoms in total. The molecular weight excluding hydrogens is 345 g/mol. The molecule has 1 aliphatic heterocycles. The molecule has 0 saturated carbocycles. The third-order valence-corrected chi connectivity index (χ3v) is 4.72. The van der Waals surface area contributed by atoms with Gasteiger partial charge in [0.25, 0.3) is 0 Å². The molecule has 1 aliphatic rings. The summed E-state index contributed by atoms with van der Waals surface area (Å²) in [4.78, 5) is 9.22. The molecule has 22 heavy (non-hydrogen) atoms. The Morgan fingerprint density at radius 2 is 1.73 bits per heavy atom. The van der Waals surface area contributed by atoms with Gasteiger partial charge >= 0.3 is 0 Å². The fourth-order valence-electron chi connectivity index (χ4n) is 2.72. The highest BCUT2D eigenvalue weighted by Crippen LogP contribution is 2.20. The van der Waals surface area contributed by atoms with Gasteiger partial charge in [-0.05, 0) is 29.8 Å². The van der Waals surface area contributed by atoms with Gasteiger partial charge in [-0.1, -0.05) is 28.1 Å². The predicted octanol–water partition coefficient (Wildman–Crippen LogP) is 3.30.